The average Bonchev–Trinajstić information content (AvgIpc) is 3.17. The van der Waals surface area contributed by atoms with Crippen LogP contribution in [0.15, 0.2) is 17.2 Å². The first-order valence-corrected chi connectivity index (χ1v) is 9.08. The van der Waals surface area contributed by atoms with E-state index in [-0.39, 0.29) is 25.2 Å². The molecule has 0 unspecified atom stereocenters. The number of hydrogen-bond acceptors (Lipinski definition) is 6. The summed E-state index contributed by atoms with van der Waals surface area (Å²) in [5.41, 5.74) is 0.718. The van der Waals surface area contributed by atoms with Gasteiger partial charge in [0.1, 0.15) is 23.8 Å². The van der Waals surface area contributed by atoms with E-state index < -0.39 is 24.1 Å². The molecule has 3 atom stereocenters. The number of aromatic amines is 1. The molecule has 0 aliphatic carbocycles. The van der Waals surface area contributed by atoms with E-state index in [0.29, 0.717) is 17.5 Å². The van der Waals surface area contributed by atoms with Gasteiger partial charge >= 0.3 is 5.69 Å². The first-order chi connectivity index (χ1) is 12.5. The van der Waals surface area contributed by atoms with E-state index in [4.69, 9.17) is 4.74 Å². The number of nitrogens with one attached hydrogen (secondary N) is 1. The number of carbonyl (C=O) groups is 1. The van der Waals surface area contributed by atoms with Gasteiger partial charge in [-0.3, -0.25) is 9.36 Å². The van der Waals surface area contributed by atoms with Crippen LogP contribution in [-0.2, 0) is 16.0 Å². The summed E-state index contributed by atoms with van der Waals surface area (Å²) in [6, 6.07) is 0. The molecule has 1 aliphatic heterocycles. The van der Waals surface area contributed by atoms with Crippen molar-refractivity contribution in [2.75, 3.05) is 6.61 Å². The van der Waals surface area contributed by atoms with Crippen molar-refractivity contribution in [1.29, 1.82) is 0 Å². The molecule has 142 valence electrons. The zero-order valence-corrected chi connectivity index (χ0v) is 14.9. The maximum Gasteiger partial charge on any atom is 0.351 e. The zero-order chi connectivity index (χ0) is 18.7. The summed E-state index contributed by atoms with van der Waals surface area (Å²) in [5.74, 6) is 0.157. The highest BCUT2D eigenvalue weighted by molar-refractivity contribution is 5.87. The van der Waals surface area contributed by atoms with Crippen LogP contribution in [0.4, 0.5) is 0 Å². The van der Waals surface area contributed by atoms with Crippen molar-refractivity contribution in [1.82, 2.24) is 14.5 Å². The van der Waals surface area contributed by atoms with Crippen LogP contribution < -0.4 is 5.69 Å². The first kappa shape index (κ1) is 18.8. The van der Waals surface area contributed by atoms with Crippen LogP contribution in [0, 0.1) is 0 Å². The molecular formula is C18H25N3O5. The number of aliphatic hydroxyl groups is 2. The van der Waals surface area contributed by atoms with Crippen LogP contribution in [0.1, 0.15) is 50.8 Å². The largest absolute Gasteiger partial charge is 0.394 e. The molecule has 2 aromatic rings. The predicted molar refractivity (Wildman–Crippen MR) is 94.8 cm³/mol. The molecule has 0 bridgehead atoms. The third-order valence-corrected chi connectivity index (χ3v) is 4.82. The minimum atomic E-state index is -0.835. The van der Waals surface area contributed by atoms with Crippen LogP contribution in [-0.4, -0.2) is 49.3 Å². The quantitative estimate of drug-likeness (QED) is 0.604. The highest BCUT2D eigenvalue weighted by Crippen LogP contribution is 2.28. The van der Waals surface area contributed by atoms with Crippen LogP contribution in [0.5, 0.6) is 0 Å². The summed E-state index contributed by atoms with van der Waals surface area (Å²) < 4.78 is 6.87. The maximum atomic E-state index is 12.3. The van der Waals surface area contributed by atoms with Crippen LogP contribution in [0.2, 0.25) is 0 Å². The SMILES string of the molecule is CCCCCC(=O)Cc1c[nH]c2nc(=O)n([C@H]3C[C@H](O)[C@@H](CO)O3)cc12. The van der Waals surface area contributed by atoms with Crippen molar-refractivity contribution in [2.24, 2.45) is 0 Å². The van der Waals surface area contributed by atoms with Gasteiger partial charge in [-0.05, 0) is 12.0 Å². The third-order valence-electron chi connectivity index (χ3n) is 4.82. The summed E-state index contributed by atoms with van der Waals surface area (Å²) in [5, 5.41) is 19.8. The highest BCUT2D eigenvalue weighted by atomic mass is 16.5. The van der Waals surface area contributed by atoms with E-state index >= 15 is 0 Å². The van der Waals surface area contributed by atoms with Gasteiger partial charge in [0.25, 0.3) is 0 Å². The Kier molecular flexibility index (Phi) is 5.85. The molecular weight excluding hydrogens is 338 g/mol. The summed E-state index contributed by atoms with van der Waals surface area (Å²) in [6.45, 7) is 1.78. The smallest absolute Gasteiger partial charge is 0.351 e. The van der Waals surface area contributed by atoms with Gasteiger partial charge in [-0.2, -0.15) is 4.98 Å². The molecule has 1 saturated heterocycles. The van der Waals surface area contributed by atoms with Crippen LogP contribution >= 0.6 is 0 Å². The zero-order valence-electron chi connectivity index (χ0n) is 14.9. The Hall–Kier alpha value is -2.03. The molecule has 8 heteroatoms. The molecule has 0 amide bonds. The van der Waals surface area contributed by atoms with Gasteiger partial charge in [-0.1, -0.05) is 19.8 Å². The monoisotopic (exact) mass is 363 g/mol. The van der Waals surface area contributed by atoms with Crippen molar-refractivity contribution in [2.45, 2.75) is 63.9 Å². The number of fused-ring (bicyclic) bond motifs is 1. The maximum absolute atomic E-state index is 12.3. The van der Waals surface area contributed by atoms with E-state index in [1.807, 2.05) is 0 Å². The Morgan fingerprint density at radius 1 is 1.46 bits per heavy atom. The number of Topliss-reactive ketones (excluding diaryl/α,β-unsaturated/α-hetero) is 1. The predicted octanol–water partition coefficient (Wildman–Crippen LogP) is 1.06. The first-order valence-electron chi connectivity index (χ1n) is 9.08. The fourth-order valence-electron chi connectivity index (χ4n) is 3.32. The molecule has 0 radical (unpaired) electrons. The normalized spacial score (nSPS) is 23.0. The number of nitrogens with zero attached hydrogens (tertiary/aromatic N) is 2. The Bertz CT molecular complexity index is 828. The van der Waals surface area contributed by atoms with Crippen molar-refractivity contribution in [3.05, 3.63) is 28.4 Å². The van der Waals surface area contributed by atoms with E-state index in [1.165, 1.54) is 4.57 Å². The number of ketones is 1. The number of rotatable bonds is 8. The lowest BCUT2D eigenvalue weighted by Gasteiger charge is -2.14. The number of ether oxygens (including phenoxy) is 1. The third kappa shape index (κ3) is 3.87. The van der Waals surface area contributed by atoms with Crippen molar-refractivity contribution < 1.29 is 19.7 Å². The Morgan fingerprint density at radius 2 is 2.27 bits per heavy atom. The molecule has 0 aromatic carbocycles. The Balaban J connectivity index is 1.82. The molecule has 3 rings (SSSR count). The lowest BCUT2D eigenvalue weighted by Crippen LogP contribution is -2.27. The minimum absolute atomic E-state index is 0.157. The van der Waals surface area contributed by atoms with Gasteiger partial charge in [0.05, 0.1) is 12.7 Å². The lowest BCUT2D eigenvalue weighted by molar-refractivity contribution is -0.118. The number of carbonyl (C=O) groups excluding carboxylic acids is 1. The molecule has 0 spiro atoms. The molecule has 0 saturated carbocycles. The van der Waals surface area contributed by atoms with Gasteiger partial charge in [0, 0.05) is 37.0 Å². The van der Waals surface area contributed by atoms with Gasteiger partial charge < -0.3 is 19.9 Å². The second-order valence-electron chi connectivity index (χ2n) is 6.79. The molecule has 3 N–H and O–H groups in total. The molecule has 2 aromatic heterocycles. The van der Waals surface area contributed by atoms with E-state index in [2.05, 4.69) is 16.9 Å². The molecule has 1 fully saturated rings. The molecule has 26 heavy (non-hydrogen) atoms. The van der Waals surface area contributed by atoms with E-state index in [1.54, 1.807) is 12.4 Å². The molecule has 8 nitrogen and oxygen atoms in total. The minimum Gasteiger partial charge on any atom is -0.394 e. The molecule has 3 heterocycles. The van der Waals surface area contributed by atoms with Crippen molar-refractivity contribution in [3.63, 3.8) is 0 Å². The van der Waals surface area contributed by atoms with Crippen molar-refractivity contribution >= 4 is 16.8 Å². The summed E-state index contributed by atoms with van der Waals surface area (Å²) >= 11 is 0. The summed E-state index contributed by atoms with van der Waals surface area (Å²) in [4.78, 5) is 31.4. The van der Waals surface area contributed by atoms with Gasteiger partial charge in [-0.25, -0.2) is 4.79 Å². The van der Waals surface area contributed by atoms with Gasteiger partial charge in [0.15, 0.2) is 0 Å². The second kappa shape index (κ2) is 8.11. The fourth-order valence-corrected chi connectivity index (χ4v) is 3.32. The van der Waals surface area contributed by atoms with E-state index in [9.17, 15) is 19.8 Å². The van der Waals surface area contributed by atoms with Crippen molar-refractivity contribution in [3.8, 4) is 0 Å². The number of aliphatic hydroxyl groups excluding tert-OH is 2. The Morgan fingerprint density at radius 3 is 2.96 bits per heavy atom. The lowest BCUT2D eigenvalue weighted by atomic mass is 10.0. The topological polar surface area (TPSA) is 117 Å². The molecule has 1 aliphatic rings. The average molecular weight is 363 g/mol. The number of unbranched alkanes of at least 4 members (excludes halogenated alkanes) is 2. The summed E-state index contributed by atoms with van der Waals surface area (Å²) in [7, 11) is 0. The Labute approximate surface area is 150 Å². The summed E-state index contributed by atoms with van der Waals surface area (Å²) in [6.07, 6.45) is 5.12. The van der Waals surface area contributed by atoms with Crippen LogP contribution in [0.3, 0.4) is 0 Å². The standard InChI is InChI=1S/C18H25N3O5/c1-2-3-4-5-12(23)6-11-8-19-17-13(11)9-21(18(25)20-17)16-7-14(24)15(10-22)26-16/h8-9,14-16,22,24H,2-7,10H2,1H3,(H,19,20,25)/t14-,15+,16+/m0/s1. The number of hydrogen-bond donors (Lipinski definition) is 3. The number of H-pyrrole nitrogens is 1. The second-order valence-corrected chi connectivity index (χ2v) is 6.79. The van der Waals surface area contributed by atoms with E-state index in [0.717, 1.165) is 24.8 Å². The van der Waals surface area contributed by atoms with Crippen LogP contribution in [0.25, 0.3) is 11.0 Å². The number of aromatic nitrogens is 3. The highest BCUT2D eigenvalue weighted by Gasteiger charge is 2.35. The van der Waals surface area contributed by atoms with Gasteiger partial charge in [-0.15, -0.1) is 0 Å². The fraction of sp³-hybridized carbons (Fsp3) is 0.611. The van der Waals surface area contributed by atoms with Gasteiger partial charge in [0.2, 0.25) is 0 Å².